The molecular weight excluding hydrogens is 388 g/mol. The Balaban J connectivity index is 1.90. The third-order valence-electron chi connectivity index (χ3n) is 5.13. The lowest BCUT2D eigenvalue weighted by molar-refractivity contribution is -0.119. The summed E-state index contributed by atoms with van der Waals surface area (Å²) in [5, 5.41) is 4.41. The smallest absolute Gasteiger partial charge is 0.273 e. The van der Waals surface area contributed by atoms with E-state index in [1.807, 2.05) is 60.3 Å². The Bertz CT molecular complexity index is 1310. The average Bonchev–Trinajstić information content (AvgIpc) is 3.00. The molecule has 0 aliphatic carbocycles. The molecule has 2 aromatic heterocycles. The fourth-order valence-electron chi connectivity index (χ4n) is 3.73. The van der Waals surface area contributed by atoms with Crippen molar-refractivity contribution in [2.75, 3.05) is 5.32 Å². The van der Waals surface area contributed by atoms with Crippen LogP contribution >= 0.6 is 11.6 Å². The number of carbonyl (C=O) groups excluding carboxylic acids is 1. The normalized spacial score (nSPS) is 12.4. The maximum atomic E-state index is 13.3. The SMILES string of the molecule is CC[C@H](C(=O)Nc1cc(Cl)ccc1C)n1c2ccccc2c2nc(=O)cc(C)n21. The van der Waals surface area contributed by atoms with Crippen LogP contribution in [0.3, 0.4) is 0 Å². The molecule has 0 spiro atoms. The van der Waals surface area contributed by atoms with Crippen LogP contribution in [0, 0.1) is 13.8 Å². The van der Waals surface area contributed by atoms with Crippen LogP contribution in [0.4, 0.5) is 5.69 Å². The van der Waals surface area contributed by atoms with Gasteiger partial charge in [-0.1, -0.05) is 36.7 Å². The Kier molecular flexibility index (Phi) is 4.88. The third kappa shape index (κ3) is 3.29. The van der Waals surface area contributed by atoms with Crippen molar-refractivity contribution in [2.24, 2.45) is 0 Å². The topological polar surface area (TPSA) is 68.4 Å². The second-order valence-corrected chi connectivity index (χ2v) is 7.54. The number of para-hydroxylation sites is 1. The molecule has 0 saturated heterocycles. The van der Waals surface area contributed by atoms with Crippen LogP contribution < -0.4 is 10.9 Å². The van der Waals surface area contributed by atoms with E-state index in [-0.39, 0.29) is 11.5 Å². The van der Waals surface area contributed by atoms with Crippen molar-refractivity contribution in [3.8, 4) is 0 Å². The molecule has 6 nitrogen and oxygen atoms in total. The van der Waals surface area contributed by atoms with E-state index in [1.54, 1.807) is 12.1 Å². The van der Waals surface area contributed by atoms with Gasteiger partial charge in [0.15, 0.2) is 5.65 Å². The van der Waals surface area contributed by atoms with E-state index in [2.05, 4.69) is 10.3 Å². The van der Waals surface area contributed by atoms with Gasteiger partial charge in [0.05, 0.1) is 5.52 Å². The van der Waals surface area contributed by atoms with Gasteiger partial charge in [-0.25, -0.2) is 4.52 Å². The lowest BCUT2D eigenvalue weighted by Crippen LogP contribution is -2.29. The highest BCUT2D eigenvalue weighted by atomic mass is 35.5. The zero-order valence-corrected chi connectivity index (χ0v) is 17.2. The van der Waals surface area contributed by atoms with Crippen LogP contribution in [0.25, 0.3) is 16.6 Å². The second kappa shape index (κ2) is 7.37. The maximum Gasteiger partial charge on any atom is 0.273 e. The van der Waals surface area contributed by atoms with Crippen LogP contribution in [-0.2, 0) is 4.79 Å². The van der Waals surface area contributed by atoms with Crippen LogP contribution in [0.15, 0.2) is 53.3 Å². The molecule has 2 aromatic carbocycles. The number of anilines is 1. The number of rotatable bonds is 4. The van der Waals surface area contributed by atoms with Gasteiger partial charge in [-0.05, 0) is 50.1 Å². The highest BCUT2D eigenvalue weighted by molar-refractivity contribution is 6.31. The number of aromatic nitrogens is 3. The van der Waals surface area contributed by atoms with Crippen molar-refractivity contribution in [1.82, 2.24) is 14.2 Å². The summed E-state index contributed by atoms with van der Waals surface area (Å²) in [6.45, 7) is 5.73. The van der Waals surface area contributed by atoms with Crippen LogP contribution in [0.1, 0.15) is 30.6 Å². The molecule has 29 heavy (non-hydrogen) atoms. The Morgan fingerprint density at radius 1 is 1.17 bits per heavy atom. The van der Waals surface area contributed by atoms with Gasteiger partial charge in [-0.15, -0.1) is 0 Å². The van der Waals surface area contributed by atoms with Crippen LogP contribution in [-0.4, -0.2) is 20.1 Å². The minimum atomic E-state index is -0.501. The second-order valence-electron chi connectivity index (χ2n) is 7.11. The molecule has 4 rings (SSSR count). The number of carbonyl (C=O) groups is 1. The number of nitrogens with one attached hydrogen (secondary N) is 1. The average molecular weight is 409 g/mol. The van der Waals surface area contributed by atoms with Gasteiger partial charge in [0.1, 0.15) is 6.04 Å². The van der Waals surface area contributed by atoms with E-state index in [0.29, 0.717) is 22.8 Å². The van der Waals surface area contributed by atoms with E-state index >= 15 is 0 Å². The number of nitrogens with zero attached hydrogens (tertiary/aromatic N) is 3. The standard InChI is InChI=1S/C22H21ClN4O2/c1-4-18(22(29)24-17-12-15(23)10-9-13(17)2)27-19-8-6-5-7-16(19)21-25-20(28)11-14(3)26(21)27/h5-12,18H,4H2,1-3H3,(H,24,29)/t18-/m1/s1. The van der Waals surface area contributed by atoms with Crippen molar-refractivity contribution < 1.29 is 4.79 Å². The van der Waals surface area contributed by atoms with Crippen LogP contribution in [0.5, 0.6) is 0 Å². The Morgan fingerprint density at radius 2 is 1.93 bits per heavy atom. The first-order valence-corrected chi connectivity index (χ1v) is 9.85. The molecular formula is C22H21ClN4O2. The summed E-state index contributed by atoms with van der Waals surface area (Å²) >= 11 is 6.11. The number of fused-ring (bicyclic) bond motifs is 3. The molecule has 0 fully saturated rings. The maximum absolute atomic E-state index is 13.3. The van der Waals surface area contributed by atoms with E-state index in [9.17, 15) is 9.59 Å². The van der Waals surface area contributed by atoms with Crippen molar-refractivity contribution in [3.05, 3.63) is 75.2 Å². The number of halogens is 1. The molecule has 4 aromatic rings. The van der Waals surface area contributed by atoms with E-state index in [1.165, 1.54) is 6.07 Å². The Morgan fingerprint density at radius 3 is 2.69 bits per heavy atom. The quantitative estimate of drug-likeness (QED) is 0.540. The molecule has 0 aliphatic rings. The van der Waals surface area contributed by atoms with E-state index < -0.39 is 6.04 Å². The summed E-state index contributed by atoms with van der Waals surface area (Å²) in [6, 6.07) is 14.1. The van der Waals surface area contributed by atoms with Gasteiger partial charge in [0, 0.05) is 27.9 Å². The zero-order valence-electron chi connectivity index (χ0n) is 16.4. The van der Waals surface area contributed by atoms with Gasteiger partial charge >= 0.3 is 0 Å². The first-order valence-electron chi connectivity index (χ1n) is 9.47. The minimum Gasteiger partial charge on any atom is -0.324 e. The summed E-state index contributed by atoms with van der Waals surface area (Å²) in [4.78, 5) is 29.5. The van der Waals surface area contributed by atoms with Crippen LogP contribution in [0.2, 0.25) is 5.02 Å². The number of hydrogen-bond acceptors (Lipinski definition) is 3. The van der Waals surface area contributed by atoms with Gasteiger partial charge in [-0.3, -0.25) is 14.3 Å². The first-order chi connectivity index (χ1) is 13.9. The lowest BCUT2D eigenvalue weighted by atomic mass is 10.1. The van der Waals surface area contributed by atoms with Crippen molar-refractivity contribution in [3.63, 3.8) is 0 Å². The van der Waals surface area contributed by atoms with E-state index in [0.717, 1.165) is 22.2 Å². The van der Waals surface area contributed by atoms with Gasteiger partial charge in [0.2, 0.25) is 5.91 Å². The summed E-state index contributed by atoms with van der Waals surface area (Å²) in [7, 11) is 0. The molecule has 0 aliphatic heterocycles. The van der Waals surface area contributed by atoms with Crippen molar-refractivity contribution in [1.29, 1.82) is 0 Å². The number of benzene rings is 2. The minimum absolute atomic E-state index is 0.154. The predicted molar refractivity (Wildman–Crippen MR) is 116 cm³/mol. The molecule has 1 amide bonds. The van der Waals surface area contributed by atoms with Crippen molar-refractivity contribution >= 4 is 39.7 Å². The van der Waals surface area contributed by atoms with Gasteiger partial charge in [0.25, 0.3) is 5.56 Å². The molecule has 7 heteroatoms. The number of amides is 1. The number of aryl methyl sites for hydroxylation is 2. The molecule has 0 radical (unpaired) electrons. The number of hydrogen-bond donors (Lipinski definition) is 1. The van der Waals surface area contributed by atoms with Gasteiger partial charge < -0.3 is 5.32 Å². The fraction of sp³-hybridized carbons (Fsp3) is 0.227. The summed E-state index contributed by atoms with van der Waals surface area (Å²) in [6.07, 6.45) is 0.560. The molecule has 0 unspecified atom stereocenters. The van der Waals surface area contributed by atoms with Gasteiger partial charge in [-0.2, -0.15) is 4.98 Å². The fourth-order valence-corrected chi connectivity index (χ4v) is 3.90. The Hall–Kier alpha value is -3.12. The first kappa shape index (κ1) is 19.2. The highest BCUT2D eigenvalue weighted by Crippen LogP contribution is 2.28. The van der Waals surface area contributed by atoms with E-state index in [4.69, 9.17) is 11.6 Å². The van der Waals surface area contributed by atoms with Crippen molar-refractivity contribution in [2.45, 2.75) is 33.2 Å². The predicted octanol–water partition coefficient (Wildman–Crippen LogP) is 4.51. The molecule has 1 atom stereocenters. The molecule has 2 heterocycles. The molecule has 148 valence electrons. The summed E-state index contributed by atoms with van der Waals surface area (Å²) in [5.74, 6) is -0.154. The largest absolute Gasteiger partial charge is 0.324 e. The Labute approximate surface area is 172 Å². The molecule has 0 saturated carbocycles. The highest BCUT2D eigenvalue weighted by Gasteiger charge is 2.25. The lowest BCUT2D eigenvalue weighted by Gasteiger charge is -2.21. The molecule has 1 N–H and O–H groups in total. The third-order valence-corrected chi connectivity index (χ3v) is 5.37. The monoisotopic (exact) mass is 408 g/mol. The zero-order chi connectivity index (χ0) is 20.7. The summed E-state index contributed by atoms with van der Waals surface area (Å²) in [5.41, 5.74) is 3.44. The summed E-state index contributed by atoms with van der Waals surface area (Å²) < 4.78 is 3.77. The molecule has 0 bridgehead atoms.